The number of allylic oxidation sites excluding steroid dienone is 1. The molecular formula is C25H20ClF. The number of hydrogen-bond acceptors (Lipinski definition) is 0. The van der Waals surface area contributed by atoms with Crippen LogP contribution in [0, 0.1) is 17.7 Å². The van der Waals surface area contributed by atoms with Crippen LogP contribution in [0.3, 0.4) is 0 Å². The van der Waals surface area contributed by atoms with Gasteiger partial charge < -0.3 is 0 Å². The van der Waals surface area contributed by atoms with E-state index in [4.69, 9.17) is 11.6 Å². The maximum atomic E-state index is 13.8. The van der Waals surface area contributed by atoms with E-state index in [1.165, 1.54) is 22.8 Å². The van der Waals surface area contributed by atoms with Crippen molar-refractivity contribution in [3.8, 4) is 11.8 Å². The molecule has 0 saturated carbocycles. The van der Waals surface area contributed by atoms with E-state index in [0.29, 0.717) is 10.6 Å². The van der Waals surface area contributed by atoms with E-state index >= 15 is 0 Å². The van der Waals surface area contributed by atoms with Gasteiger partial charge >= 0.3 is 0 Å². The van der Waals surface area contributed by atoms with Gasteiger partial charge in [-0.15, -0.1) is 0 Å². The van der Waals surface area contributed by atoms with Gasteiger partial charge in [-0.05, 0) is 66.8 Å². The minimum absolute atomic E-state index is 0.352. The van der Waals surface area contributed by atoms with Crippen LogP contribution < -0.4 is 0 Å². The SMILES string of the molecule is C/C=C/c1ccc(CCc2ccc(C#Cc3ccc(Cl)cc3F)cc2)cc1. The Kier molecular flexibility index (Phi) is 6.47. The van der Waals surface area contributed by atoms with Gasteiger partial charge in [0, 0.05) is 10.6 Å². The average molecular weight is 375 g/mol. The molecule has 0 spiro atoms. The summed E-state index contributed by atoms with van der Waals surface area (Å²) in [5, 5.41) is 0.374. The van der Waals surface area contributed by atoms with Crippen LogP contribution in [0.1, 0.15) is 34.7 Å². The largest absolute Gasteiger partial charge is 0.206 e. The van der Waals surface area contributed by atoms with E-state index in [1.54, 1.807) is 12.1 Å². The molecule has 0 radical (unpaired) electrons. The molecule has 0 fully saturated rings. The highest BCUT2D eigenvalue weighted by atomic mass is 35.5. The summed E-state index contributed by atoms with van der Waals surface area (Å²) in [4.78, 5) is 0. The first-order valence-corrected chi connectivity index (χ1v) is 9.29. The van der Waals surface area contributed by atoms with Gasteiger partial charge in [0.25, 0.3) is 0 Å². The molecular weight excluding hydrogens is 355 g/mol. The summed E-state index contributed by atoms with van der Waals surface area (Å²) in [6.07, 6.45) is 6.11. The fourth-order valence-corrected chi connectivity index (χ4v) is 2.92. The van der Waals surface area contributed by atoms with E-state index in [9.17, 15) is 4.39 Å². The Balaban J connectivity index is 1.61. The van der Waals surface area contributed by atoms with Crippen LogP contribution in [0.25, 0.3) is 6.08 Å². The summed E-state index contributed by atoms with van der Waals surface area (Å²) in [5.74, 6) is 5.46. The fourth-order valence-electron chi connectivity index (χ4n) is 2.76. The first kappa shape index (κ1) is 19.0. The minimum Gasteiger partial charge on any atom is -0.206 e. The van der Waals surface area contributed by atoms with Crippen molar-refractivity contribution in [2.45, 2.75) is 19.8 Å². The molecule has 0 nitrogen and oxygen atoms in total. The van der Waals surface area contributed by atoms with Crippen molar-refractivity contribution in [3.05, 3.63) is 111 Å². The lowest BCUT2D eigenvalue weighted by Crippen LogP contribution is -1.91. The van der Waals surface area contributed by atoms with Crippen LogP contribution in [0.4, 0.5) is 4.39 Å². The lowest BCUT2D eigenvalue weighted by atomic mass is 10.0. The molecule has 3 aromatic carbocycles. The molecule has 0 N–H and O–H groups in total. The second kappa shape index (κ2) is 9.21. The monoisotopic (exact) mass is 374 g/mol. The van der Waals surface area contributed by atoms with Crippen molar-refractivity contribution in [2.24, 2.45) is 0 Å². The third kappa shape index (κ3) is 5.58. The van der Waals surface area contributed by atoms with E-state index < -0.39 is 5.82 Å². The van der Waals surface area contributed by atoms with Crippen LogP contribution in [-0.4, -0.2) is 0 Å². The molecule has 3 aromatic rings. The Morgan fingerprint density at radius 1 is 0.852 bits per heavy atom. The average Bonchev–Trinajstić information content (AvgIpc) is 2.68. The van der Waals surface area contributed by atoms with Crippen molar-refractivity contribution >= 4 is 17.7 Å². The number of rotatable bonds is 4. The zero-order chi connectivity index (χ0) is 19.1. The van der Waals surface area contributed by atoms with Gasteiger partial charge in [0.05, 0.1) is 5.56 Å². The quantitative estimate of drug-likeness (QED) is 0.446. The second-order valence-electron chi connectivity index (χ2n) is 6.31. The summed E-state index contributed by atoms with van der Waals surface area (Å²) in [7, 11) is 0. The second-order valence-corrected chi connectivity index (χ2v) is 6.75. The molecule has 0 aromatic heterocycles. The molecule has 0 aliphatic carbocycles. The molecule has 0 saturated heterocycles. The molecule has 3 rings (SSSR count). The van der Waals surface area contributed by atoms with E-state index in [1.807, 2.05) is 25.1 Å². The van der Waals surface area contributed by atoms with Crippen molar-refractivity contribution in [2.75, 3.05) is 0 Å². The summed E-state index contributed by atoms with van der Waals surface area (Å²) >= 11 is 5.76. The predicted octanol–water partition coefficient (Wildman–Crippen LogP) is 6.70. The van der Waals surface area contributed by atoms with E-state index in [2.05, 4.69) is 54.3 Å². The van der Waals surface area contributed by atoms with Crippen LogP contribution >= 0.6 is 11.6 Å². The van der Waals surface area contributed by atoms with E-state index in [-0.39, 0.29) is 0 Å². The summed E-state index contributed by atoms with van der Waals surface area (Å²) in [5.41, 5.74) is 5.02. The molecule has 134 valence electrons. The maximum Gasteiger partial charge on any atom is 0.140 e. The van der Waals surface area contributed by atoms with Gasteiger partial charge in [0.1, 0.15) is 5.82 Å². The molecule has 0 atom stereocenters. The Bertz CT molecular complexity index is 987. The Morgan fingerprint density at radius 2 is 1.48 bits per heavy atom. The number of halogens is 2. The summed E-state index contributed by atoms with van der Waals surface area (Å²) in [6, 6.07) is 21.3. The molecule has 0 aliphatic heterocycles. The van der Waals surface area contributed by atoms with Crippen LogP contribution in [0.15, 0.2) is 72.8 Å². The van der Waals surface area contributed by atoms with Crippen molar-refractivity contribution in [1.29, 1.82) is 0 Å². The zero-order valence-corrected chi connectivity index (χ0v) is 15.9. The van der Waals surface area contributed by atoms with Crippen LogP contribution in [0.5, 0.6) is 0 Å². The van der Waals surface area contributed by atoms with Crippen molar-refractivity contribution in [1.82, 2.24) is 0 Å². The van der Waals surface area contributed by atoms with Gasteiger partial charge in [-0.2, -0.15) is 0 Å². The first-order valence-electron chi connectivity index (χ1n) is 8.92. The highest BCUT2D eigenvalue weighted by Gasteiger charge is 2.00. The normalized spacial score (nSPS) is 10.6. The lowest BCUT2D eigenvalue weighted by Gasteiger charge is -2.03. The van der Waals surface area contributed by atoms with E-state index in [0.717, 1.165) is 18.4 Å². The Morgan fingerprint density at radius 3 is 2.07 bits per heavy atom. The topological polar surface area (TPSA) is 0 Å². The van der Waals surface area contributed by atoms with Crippen molar-refractivity contribution in [3.63, 3.8) is 0 Å². The summed E-state index contributed by atoms with van der Waals surface area (Å²) in [6.45, 7) is 2.02. The zero-order valence-electron chi connectivity index (χ0n) is 15.2. The van der Waals surface area contributed by atoms with Gasteiger partial charge in [0.2, 0.25) is 0 Å². The number of benzene rings is 3. The maximum absolute atomic E-state index is 13.8. The Labute approximate surface area is 165 Å². The third-order valence-corrected chi connectivity index (χ3v) is 4.50. The van der Waals surface area contributed by atoms with Crippen LogP contribution in [0.2, 0.25) is 5.02 Å². The molecule has 0 unspecified atom stereocenters. The summed E-state index contributed by atoms with van der Waals surface area (Å²) < 4.78 is 13.8. The molecule has 0 aliphatic rings. The molecule has 0 amide bonds. The number of hydrogen-bond donors (Lipinski definition) is 0. The van der Waals surface area contributed by atoms with Crippen molar-refractivity contribution < 1.29 is 4.39 Å². The van der Waals surface area contributed by atoms with Gasteiger partial charge in [-0.3, -0.25) is 0 Å². The standard InChI is InChI=1S/C25H20ClF/c1-2-3-19-4-6-20(7-5-19)8-9-21-10-12-22(13-11-21)14-15-23-16-17-24(26)18-25(23)27/h2-7,10-13,16-18H,8-9H2,1H3/b3-2+. The minimum atomic E-state index is -0.396. The number of aryl methyl sites for hydroxylation is 2. The highest BCUT2D eigenvalue weighted by molar-refractivity contribution is 6.30. The molecule has 0 bridgehead atoms. The first-order chi connectivity index (χ1) is 13.1. The third-order valence-electron chi connectivity index (χ3n) is 4.27. The molecule has 27 heavy (non-hydrogen) atoms. The molecule has 2 heteroatoms. The van der Waals surface area contributed by atoms with Gasteiger partial charge in [0.15, 0.2) is 0 Å². The van der Waals surface area contributed by atoms with Gasteiger partial charge in [-0.25, -0.2) is 4.39 Å². The predicted molar refractivity (Wildman–Crippen MR) is 112 cm³/mol. The highest BCUT2D eigenvalue weighted by Crippen LogP contribution is 2.14. The fraction of sp³-hybridized carbons (Fsp3) is 0.120. The smallest absolute Gasteiger partial charge is 0.140 e. The molecule has 0 heterocycles. The Hall–Kier alpha value is -2.82. The van der Waals surface area contributed by atoms with Crippen LogP contribution in [-0.2, 0) is 12.8 Å². The van der Waals surface area contributed by atoms with Gasteiger partial charge in [-0.1, -0.05) is 72.0 Å². The lowest BCUT2D eigenvalue weighted by molar-refractivity contribution is 0.624.